The van der Waals surface area contributed by atoms with Gasteiger partial charge >= 0.3 is 0 Å². The predicted molar refractivity (Wildman–Crippen MR) is 77.8 cm³/mol. The van der Waals surface area contributed by atoms with Crippen molar-refractivity contribution in [3.05, 3.63) is 40.4 Å². The van der Waals surface area contributed by atoms with Crippen LogP contribution >= 0.6 is 15.9 Å². The van der Waals surface area contributed by atoms with Crippen LogP contribution < -0.4 is 15.8 Å². The molecule has 0 bridgehead atoms. The van der Waals surface area contributed by atoms with Gasteiger partial charge in [-0.1, -0.05) is 28.1 Å². The number of hydrogen-bond donors (Lipinski definition) is 2. The normalized spacial score (nSPS) is 17.1. The molecule has 98 valence electrons. The molecule has 0 amide bonds. The largest absolute Gasteiger partial charge is 0.496 e. The molecule has 0 heterocycles. The van der Waals surface area contributed by atoms with Crippen LogP contribution in [0, 0.1) is 0 Å². The van der Waals surface area contributed by atoms with Crippen molar-refractivity contribution in [2.45, 2.75) is 24.9 Å². The lowest BCUT2D eigenvalue weighted by atomic mass is 10.0. The molecule has 1 aliphatic carbocycles. The zero-order chi connectivity index (χ0) is 13.0. The van der Waals surface area contributed by atoms with E-state index in [-0.39, 0.29) is 6.04 Å². The summed E-state index contributed by atoms with van der Waals surface area (Å²) < 4.78 is 6.46. The molecule has 0 radical (unpaired) electrons. The smallest absolute Gasteiger partial charge is 0.123 e. The summed E-state index contributed by atoms with van der Waals surface area (Å²) in [5.41, 5.74) is 7.02. The topological polar surface area (TPSA) is 47.3 Å². The molecule has 1 aliphatic rings. The Morgan fingerprint density at radius 2 is 2.17 bits per heavy atom. The molecule has 0 aliphatic heterocycles. The SMILES string of the molecule is COc1ccc(Br)cc1C(CN)NC1CC=CC1. The first-order valence-corrected chi connectivity index (χ1v) is 6.98. The van der Waals surface area contributed by atoms with E-state index in [1.54, 1.807) is 7.11 Å². The van der Waals surface area contributed by atoms with Crippen molar-refractivity contribution in [3.8, 4) is 5.75 Å². The van der Waals surface area contributed by atoms with E-state index < -0.39 is 0 Å². The Morgan fingerprint density at radius 3 is 2.78 bits per heavy atom. The maximum Gasteiger partial charge on any atom is 0.123 e. The van der Waals surface area contributed by atoms with Crippen LogP contribution in [-0.2, 0) is 0 Å². The molecule has 0 saturated carbocycles. The first-order valence-electron chi connectivity index (χ1n) is 6.19. The fraction of sp³-hybridized carbons (Fsp3) is 0.429. The average Bonchev–Trinajstić information content (AvgIpc) is 2.88. The third-order valence-electron chi connectivity index (χ3n) is 3.25. The van der Waals surface area contributed by atoms with Crippen molar-refractivity contribution in [2.75, 3.05) is 13.7 Å². The molecule has 1 atom stereocenters. The van der Waals surface area contributed by atoms with Crippen LogP contribution in [0.5, 0.6) is 5.75 Å². The van der Waals surface area contributed by atoms with Crippen molar-refractivity contribution in [2.24, 2.45) is 5.73 Å². The summed E-state index contributed by atoms with van der Waals surface area (Å²) in [5.74, 6) is 0.882. The van der Waals surface area contributed by atoms with Crippen LogP contribution in [-0.4, -0.2) is 19.7 Å². The molecule has 0 fully saturated rings. The van der Waals surface area contributed by atoms with Gasteiger partial charge in [-0.25, -0.2) is 0 Å². The van der Waals surface area contributed by atoms with Gasteiger partial charge in [0, 0.05) is 28.7 Å². The van der Waals surface area contributed by atoms with Crippen LogP contribution in [0.15, 0.2) is 34.8 Å². The number of halogens is 1. The summed E-state index contributed by atoms with van der Waals surface area (Å²) >= 11 is 3.50. The Kier molecular flexibility index (Phi) is 4.80. The number of rotatable bonds is 5. The molecule has 18 heavy (non-hydrogen) atoms. The van der Waals surface area contributed by atoms with Crippen molar-refractivity contribution in [1.29, 1.82) is 0 Å². The van der Waals surface area contributed by atoms with Crippen LogP contribution in [0.2, 0.25) is 0 Å². The van der Waals surface area contributed by atoms with E-state index in [9.17, 15) is 0 Å². The lowest BCUT2D eigenvalue weighted by Crippen LogP contribution is -2.35. The van der Waals surface area contributed by atoms with E-state index in [1.807, 2.05) is 12.1 Å². The van der Waals surface area contributed by atoms with Gasteiger partial charge in [-0.15, -0.1) is 0 Å². The fourth-order valence-corrected chi connectivity index (χ4v) is 2.68. The fourth-order valence-electron chi connectivity index (χ4n) is 2.30. The Morgan fingerprint density at radius 1 is 1.44 bits per heavy atom. The van der Waals surface area contributed by atoms with E-state index in [0.29, 0.717) is 12.6 Å². The van der Waals surface area contributed by atoms with Gasteiger partial charge in [0.15, 0.2) is 0 Å². The first kappa shape index (κ1) is 13.6. The van der Waals surface area contributed by atoms with Gasteiger partial charge in [0.1, 0.15) is 5.75 Å². The summed E-state index contributed by atoms with van der Waals surface area (Å²) in [6, 6.07) is 6.64. The maximum absolute atomic E-state index is 5.90. The van der Waals surface area contributed by atoms with Crippen molar-refractivity contribution < 1.29 is 4.74 Å². The second kappa shape index (κ2) is 6.36. The molecule has 1 unspecified atom stereocenters. The van der Waals surface area contributed by atoms with Crippen LogP contribution in [0.3, 0.4) is 0 Å². The summed E-state index contributed by atoms with van der Waals surface area (Å²) in [7, 11) is 1.69. The average molecular weight is 311 g/mol. The van der Waals surface area contributed by atoms with E-state index in [4.69, 9.17) is 10.5 Å². The zero-order valence-corrected chi connectivity index (χ0v) is 12.1. The molecule has 0 saturated heterocycles. The summed E-state index contributed by atoms with van der Waals surface area (Å²) in [4.78, 5) is 0. The number of methoxy groups -OCH3 is 1. The van der Waals surface area contributed by atoms with Gasteiger partial charge in [-0.05, 0) is 31.0 Å². The Balaban J connectivity index is 2.17. The highest BCUT2D eigenvalue weighted by molar-refractivity contribution is 9.10. The molecule has 0 spiro atoms. The molecule has 4 heteroatoms. The highest BCUT2D eigenvalue weighted by Gasteiger charge is 2.19. The van der Waals surface area contributed by atoms with Gasteiger partial charge in [0.2, 0.25) is 0 Å². The summed E-state index contributed by atoms with van der Waals surface area (Å²) in [6.07, 6.45) is 6.58. The number of hydrogen-bond acceptors (Lipinski definition) is 3. The highest BCUT2D eigenvalue weighted by atomic mass is 79.9. The number of nitrogens with one attached hydrogen (secondary N) is 1. The Labute approximate surface area is 117 Å². The van der Waals surface area contributed by atoms with Gasteiger partial charge in [0.05, 0.1) is 7.11 Å². The Hall–Kier alpha value is -0.840. The highest BCUT2D eigenvalue weighted by Crippen LogP contribution is 2.29. The third-order valence-corrected chi connectivity index (χ3v) is 3.74. The van der Waals surface area contributed by atoms with Gasteiger partial charge in [0.25, 0.3) is 0 Å². The van der Waals surface area contributed by atoms with E-state index in [2.05, 4.69) is 39.5 Å². The predicted octanol–water partition coefficient (Wildman–Crippen LogP) is 2.77. The van der Waals surface area contributed by atoms with Gasteiger partial charge in [-0.2, -0.15) is 0 Å². The van der Waals surface area contributed by atoms with Gasteiger partial charge < -0.3 is 15.8 Å². The van der Waals surface area contributed by atoms with E-state index in [0.717, 1.165) is 28.6 Å². The Bertz CT molecular complexity index is 426. The molecule has 3 nitrogen and oxygen atoms in total. The lowest BCUT2D eigenvalue weighted by molar-refractivity contribution is 0.389. The molecule has 2 rings (SSSR count). The summed E-state index contributed by atoms with van der Waals surface area (Å²) in [5, 5.41) is 3.60. The minimum absolute atomic E-state index is 0.127. The van der Waals surface area contributed by atoms with Crippen LogP contribution in [0.1, 0.15) is 24.4 Å². The van der Waals surface area contributed by atoms with Gasteiger partial charge in [-0.3, -0.25) is 0 Å². The molecule has 1 aromatic carbocycles. The molecular formula is C14H19BrN2O. The standard InChI is InChI=1S/C14H19BrN2O/c1-18-14-7-6-10(15)8-12(14)13(9-16)17-11-4-2-3-5-11/h2-3,6-8,11,13,17H,4-5,9,16H2,1H3. The van der Waals surface area contributed by atoms with Crippen LogP contribution in [0.25, 0.3) is 0 Å². The first-order chi connectivity index (χ1) is 8.74. The molecule has 0 aromatic heterocycles. The van der Waals surface area contributed by atoms with E-state index in [1.165, 1.54) is 0 Å². The lowest BCUT2D eigenvalue weighted by Gasteiger charge is -2.24. The van der Waals surface area contributed by atoms with Crippen molar-refractivity contribution in [1.82, 2.24) is 5.32 Å². The minimum Gasteiger partial charge on any atom is -0.496 e. The quantitative estimate of drug-likeness (QED) is 0.822. The van der Waals surface area contributed by atoms with E-state index >= 15 is 0 Å². The van der Waals surface area contributed by atoms with Crippen LogP contribution in [0.4, 0.5) is 0 Å². The zero-order valence-electron chi connectivity index (χ0n) is 10.5. The number of ether oxygens (including phenoxy) is 1. The number of nitrogens with two attached hydrogens (primary N) is 1. The minimum atomic E-state index is 0.127. The second-order valence-corrected chi connectivity index (χ2v) is 5.40. The molecule has 3 N–H and O–H groups in total. The monoisotopic (exact) mass is 310 g/mol. The molecule has 1 aromatic rings. The summed E-state index contributed by atoms with van der Waals surface area (Å²) in [6.45, 7) is 0.559. The number of benzene rings is 1. The third kappa shape index (κ3) is 3.13. The second-order valence-electron chi connectivity index (χ2n) is 4.48. The molecular weight excluding hydrogens is 292 g/mol. The van der Waals surface area contributed by atoms with Crippen molar-refractivity contribution >= 4 is 15.9 Å². The van der Waals surface area contributed by atoms with Crippen molar-refractivity contribution in [3.63, 3.8) is 0 Å². The maximum atomic E-state index is 5.90.